The fourth-order valence-corrected chi connectivity index (χ4v) is 1.86. The van der Waals surface area contributed by atoms with Crippen molar-refractivity contribution in [1.82, 2.24) is 0 Å². The molecule has 2 N–H and O–H groups in total. The van der Waals surface area contributed by atoms with Gasteiger partial charge >= 0.3 is 0 Å². The van der Waals surface area contributed by atoms with Crippen LogP contribution in [0.4, 0.5) is 5.69 Å². The fraction of sp³-hybridized carbons (Fsp3) is 0.400. The van der Waals surface area contributed by atoms with Gasteiger partial charge in [-0.15, -0.1) is 0 Å². The Bertz CT molecular complexity index is 343. The molecule has 0 aromatic heterocycles. The Morgan fingerprint density at radius 2 is 2.36 bits per heavy atom. The van der Waals surface area contributed by atoms with E-state index in [4.69, 9.17) is 22.1 Å². The van der Waals surface area contributed by atoms with E-state index in [2.05, 4.69) is 4.90 Å². The Balaban J connectivity index is 2.43. The van der Waals surface area contributed by atoms with E-state index in [0.29, 0.717) is 11.6 Å². The van der Waals surface area contributed by atoms with Crippen molar-refractivity contribution in [2.45, 2.75) is 6.04 Å². The third kappa shape index (κ3) is 1.65. The average Bonchev–Trinajstić information content (AvgIpc) is 2.28. The number of benzene rings is 1. The number of hydrogen-bond acceptors (Lipinski definition) is 3. The van der Waals surface area contributed by atoms with E-state index in [1.165, 1.54) is 0 Å². The molecule has 0 spiro atoms. The number of rotatable bonds is 0. The van der Waals surface area contributed by atoms with Gasteiger partial charge in [-0.25, -0.2) is 0 Å². The molecule has 3 nitrogen and oxygen atoms in total. The molecule has 1 aromatic rings. The molecule has 0 saturated heterocycles. The molecule has 0 saturated carbocycles. The van der Waals surface area contributed by atoms with Gasteiger partial charge in [-0.05, 0) is 12.1 Å². The number of hydrogen-bond donors (Lipinski definition) is 1. The van der Waals surface area contributed by atoms with Crippen molar-refractivity contribution in [3.05, 3.63) is 23.2 Å². The van der Waals surface area contributed by atoms with Crippen LogP contribution in [0, 0.1) is 0 Å². The second-order valence-electron chi connectivity index (χ2n) is 3.54. The van der Waals surface area contributed by atoms with E-state index in [-0.39, 0.29) is 6.04 Å². The lowest BCUT2D eigenvalue weighted by Crippen LogP contribution is -2.37. The van der Waals surface area contributed by atoms with E-state index in [0.717, 1.165) is 18.0 Å². The number of fused-ring (bicyclic) bond motifs is 1. The second kappa shape index (κ2) is 3.67. The molecule has 1 atom stereocenters. The highest BCUT2D eigenvalue weighted by Crippen LogP contribution is 2.36. The smallest absolute Gasteiger partial charge is 0.161 e. The normalized spacial score (nSPS) is 21.1. The van der Waals surface area contributed by atoms with Crippen molar-refractivity contribution >= 4 is 17.3 Å². The summed E-state index contributed by atoms with van der Waals surface area (Å²) >= 11 is 6.04. The van der Waals surface area contributed by atoms with Crippen LogP contribution in [0.15, 0.2) is 18.2 Å². The highest BCUT2D eigenvalue weighted by Gasteiger charge is 2.19. The first-order chi connectivity index (χ1) is 6.68. The van der Waals surface area contributed by atoms with Gasteiger partial charge in [0.05, 0.1) is 16.8 Å². The first kappa shape index (κ1) is 9.62. The Labute approximate surface area is 88.4 Å². The molecule has 1 aliphatic heterocycles. The summed E-state index contributed by atoms with van der Waals surface area (Å²) in [5.74, 6) is 0.740. The second-order valence-corrected chi connectivity index (χ2v) is 3.95. The third-order valence-corrected chi connectivity index (χ3v) is 2.61. The van der Waals surface area contributed by atoms with Gasteiger partial charge < -0.3 is 15.4 Å². The molecule has 2 rings (SSSR count). The molecule has 0 amide bonds. The van der Waals surface area contributed by atoms with Crippen molar-refractivity contribution in [1.29, 1.82) is 0 Å². The summed E-state index contributed by atoms with van der Waals surface area (Å²) in [5.41, 5.74) is 6.85. The Kier molecular flexibility index (Phi) is 2.52. The summed E-state index contributed by atoms with van der Waals surface area (Å²) in [6, 6.07) is 5.76. The molecule has 0 radical (unpaired) electrons. The first-order valence-electron chi connectivity index (χ1n) is 4.56. The first-order valence-corrected chi connectivity index (χ1v) is 4.94. The van der Waals surface area contributed by atoms with E-state index < -0.39 is 0 Å². The van der Waals surface area contributed by atoms with Crippen molar-refractivity contribution in [2.24, 2.45) is 5.73 Å². The molecule has 14 heavy (non-hydrogen) atoms. The quantitative estimate of drug-likeness (QED) is 0.709. The summed E-state index contributed by atoms with van der Waals surface area (Å²) < 4.78 is 5.56. The number of likely N-dealkylation sites (N-methyl/N-ethyl adjacent to an activating group) is 1. The van der Waals surface area contributed by atoms with Crippen LogP contribution in [0.1, 0.15) is 0 Å². The van der Waals surface area contributed by atoms with Gasteiger partial charge in [0.1, 0.15) is 6.61 Å². The average molecular weight is 213 g/mol. The molecule has 0 fully saturated rings. The summed E-state index contributed by atoms with van der Waals surface area (Å²) in [5, 5.41) is 0.642. The Morgan fingerprint density at radius 1 is 1.57 bits per heavy atom. The standard InChI is InChI=1S/C10H13ClN2O/c1-13-5-7(12)6-14-10-8(11)3-2-4-9(10)13/h2-4,7H,5-6,12H2,1H3/t7-/m0/s1. The van der Waals surface area contributed by atoms with E-state index in [1.807, 2.05) is 25.2 Å². The molecule has 4 heteroatoms. The van der Waals surface area contributed by atoms with Crippen molar-refractivity contribution < 1.29 is 4.74 Å². The maximum atomic E-state index is 6.04. The van der Waals surface area contributed by atoms with E-state index in [1.54, 1.807) is 0 Å². The van der Waals surface area contributed by atoms with Gasteiger partial charge in [-0.2, -0.15) is 0 Å². The minimum atomic E-state index is 0.0310. The van der Waals surface area contributed by atoms with Crippen LogP contribution < -0.4 is 15.4 Å². The van der Waals surface area contributed by atoms with Crippen molar-refractivity contribution in [3.63, 3.8) is 0 Å². The summed E-state index contributed by atoms with van der Waals surface area (Å²) in [4.78, 5) is 2.07. The Morgan fingerprint density at radius 3 is 3.14 bits per heavy atom. The maximum absolute atomic E-state index is 6.04. The van der Waals surface area contributed by atoms with Gasteiger partial charge in [0.25, 0.3) is 0 Å². The summed E-state index contributed by atoms with van der Waals surface area (Å²) in [6.07, 6.45) is 0. The number of ether oxygens (including phenoxy) is 1. The molecule has 0 unspecified atom stereocenters. The molecule has 0 bridgehead atoms. The van der Waals surface area contributed by atoms with Gasteiger partial charge in [-0.1, -0.05) is 17.7 Å². The molecule has 0 aliphatic carbocycles. The van der Waals surface area contributed by atoms with Crippen LogP contribution in [0.25, 0.3) is 0 Å². The lowest BCUT2D eigenvalue weighted by Gasteiger charge is -2.19. The number of halogens is 1. The Hall–Kier alpha value is -0.930. The largest absolute Gasteiger partial charge is 0.488 e. The zero-order valence-electron chi connectivity index (χ0n) is 8.03. The van der Waals surface area contributed by atoms with E-state index >= 15 is 0 Å². The predicted molar refractivity (Wildman–Crippen MR) is 58.2 cm³/mol. The van der Waals surface area contributed by atoms with Crippen molar-refractivity contribution in [2.75, 3.05) is 25.1 Å². The van der Waals surface area contributed by atoms with Crippen LogP contribution >= 0.6 is 11.6 Å². The van der Waals surface area contributed by atoms with Crippen LogP contribution in [-0.2, 0) is 0 Å². The monoisotopic (exact) mass is 212 g/mol. The zero-order chi connectivity index (χ0) is 10.1. The third-order valence-electron chi connectivity index (χ3n) is 2.31. The number of para-hydroxylation sites is 1. The van der Waals surface area contributed by atoms with Gasteiger partial charge in [0.15, 0.2) is 5.75 Å². The highest BCUT2D eigenvalue weighted by atomic mass is 35.5. The molecule has 1 aromatic carbocycles. The summed E-state index contributed by atoms with van der Waals surface area (Å²) in [7, 11) is 1.99. The topological polar surface area (TPSA) is 38.5 Å². The van der Waals surface area contributed by atoms with Crippen LogP contribution in [0.5, 0.6) is 5.75 Å². The number of anilines is 1. The molecular formula is C10H13ClN2O. The minimum Gasteiger partial charge on any atom is -0.488 e. The zero-order valence-corrected chi connectivity index (χ0v) is 8.79. The molecular weight excluding hydrogens is 200 g/mol. The van der Waals surface area contributed by atoms with Gasteiger partial charge in [0.2, 0.25) is 0 Å². The summed E-state index contributed by atoms with van der Waals surface area (Å²) in [6.45, 7) is 1.30. The number of nitrogens with two attached hydrogens (primary N) is 1. The fourth-order valence-electron chi connectivity index (χ4n) is 1.63. The van der Waals surface area contributed by atoms with Crippen LogP contribution in [0.2, 0.25) is 5.02 Å². The molecule has 1 heterocycles. The van der Waals surface area contributed by atoms with Crippen molar-refractivity contribution in [3.8, 4) is 5.75 Å². The van der Waals surface area contributed by atoms with Gasteiger partial charge in [0, 0.05) is 13.6 Å². The van der Waals surface area contributed by atoms with Crippen LogP contribution in [0.3, 0.4) is 0 Å². The SMILES string of the molecule is CN1C[C@H](N)COc2c(Cl)cccc21. The molecule has 1 aliphatic rings. The lowest BCUT2D eigenvalue weighted by molar-refractivity contribution is 0.300. The van der Waals surface area contributed by atoms with Gasteiger partial charge in [-0.3, -0.25) is 0 Å². The number of nitrogens with zero attached hydrogens (tertiary/aromatic N) is 1. The minimum absolute atomic E-state index is 0.0310. The van der Waals surface area contributed by atoms with E-state index in [9.17, 15) is 0 Å². The maximum Gasteiger partial charge on any atom is 0.161 e. The predicted octanol–water partition coefficient (Wildman–Crippen LogP) is 1.50. The molecule has 76 valence electrons. The highest BCUT2D eigenvalue weighted by molar-refractivity contribution is 6.32. The lowest BCUT2D eigenvalue weighted by atomic mass is 10.2. The van der Waals surface area contributed by atoms with Crippen LogP contribution in [-0.4, -0.2) is 26.2 Å².